The van der Waals surface area contributed by atoms with Crippen molar-refractivity contribution in [1.29, 1.82) is 0 Å². The summed E-state index contributed by atoms with van der Waals surface area (Å²) in [4.78, 5) is 0. The van der Waals surface area contributed by atoms with Gasteiger partial charge in [0.25, 0.3) is 0 Å². The van der Waals surface area contributed by atoms with E-state index in [0.29, 0.717) is 11.7 Å². The first-order valence-electron chi connectivity index (χ1n) is 7.09. The van der Waals surface area contributed by atoms with Crippen LogP contribution in [0.15, 0.2) is 18.2 Å². The van der Waals surface area contributed by atoms with Crippen LogP contribution < -0.4 is 10.6 Å². The summed E-state index contributed by atoms with van der Waals surface area (Å²) in [5.41, 5.74) is 0.513. The minimum Gasteiger partial charge on any atom is -0.382 e. The van der Waals surface area contributed by atoms with Gasteiger partial charge < -0.3 is 10.6 Å². The van der Waals surface area contributed by atoms with Gasteiger partial charge >= 0.3 is 0 Å². The van der Waals surface area contributed by atoms with E-state index in [1.165, 1.54) is 37.8 Å². The first-order chi connectivity index (χ1) is 9.13. The van der Waals surface area contributed by atoms with Crippen LogP contribution >= 0.6 is 0 Å². The third-order valence-electron chi connectivity index (χ3n) is 3.58. The number of anilines is 1. The molecule has 1 heterocycles. The Hall–Kier alpha value is -1.16. The van der Waals surface area contributed by atoms with E-state index in [4.69, 9.17) is 0 Å². The maximum atomic E-state index is 13.1. The summed E-state index contributed by atoms with van der Waals surface area (Å²) in [5, 5.41) is 6.70. The van der Waals surface area contributed by atoms with Gasteiger partial charge in [0.1, 0.15) is 11.6 Å². The van der Waals surface area contributed by atoms with Gasteiger partial charge in [-0.05, 0) is 44.9 Å². The van der Waals surface area contributed by atoms with Crippen LogP contribution in [0.1, 0.15) is 39.0 Å². The minimum absolute atomic E-state index is 0.191. The highest BCUT2D eigenvalue weighted by molar-refractivity contribution is 5.44. The molecule has 1 aromatic rings. The fraction of sp³-hybridized carbons (Fsp3) is 0.600. The van der Waals surface area contributed by atoms with Crippen LogP contribution in [0.3, 0.4) is 0 Å². The molecule has 0 aliphatic carbocycles. The second-order valence-electron chi connectivity index (χ2n) is 5.44. The third-order valence-corrected chi connectivity index (χ3v) is 3.58. The topological polar surface area (TPSA) is 24.1 Å². The van der Waals surface area contributed by atoms with Crippen molar-refractivity contribution in [3.05, 3.63) is 29.8 Å². The van der Waals surface area contributed by atoms with E-state index < -0.39 is 11.6 Å². The molecule has 2 nitrogen and oxygen atoms in total. The number of benzene rings is 1. The lowest BCUT2D eigenvalue weighted by Gasteiger charge is -2.22. The minimum atomic E-state index is -0.540. The van der Waals surface area contributed by atoms with Crippen molar-refractivity contribution in [1.82, 2.24) is 5.32 Å². The predicted octanol–water partition coefficient (Wildman–Crippen LogP) is 3.69. The maximum Gasteiger partial charge on any atom is 0.128 e. The molecule has 0 aromatic heterocycles. The number of halogens is 2. The molecule has 0 spiro atoms. The van der Waals surface area contributed by atoms with Crippen LogP contribution in [0.5, 0.6) is 0 Å². The molecule has 2 atom stereocenters. The summed E-state index contributed by atoms with van der Waals surface area (Å²) in [7, 11) is 0. The highest BCUT2D eigenvalue weighted by atomic mass is 19.1. The van der Waals surface area contributed by atoms with Crippen LogP contribution in [0.4, 0.5) is 14.5 Å². The molecule has 1 fully saturated rings. The molecule has 0 radical (unpaired) electrons. The van der Waals surface area contributed by atoms with E-state index in [-0.39, 0.29) is 6.04 Å². The molecule has 106 valence electrons. The average molecular weight is 268 g/mol. The van der Waals surface area contributed by atoms with E-state index >= 15 is 0 Å². The molecule has 1 aliphatic rings. The third kappa shape index (κ3) is 4.78. The summed E-state index contributed by atoms with van der Waals surface area (Å²) in [6.45, 7) is 3.13. The fourth-order valence-corrected chi connectivity index (χ4v) is 2.71. The van der Waals surface area contributed by atoms with Gasteiger partial charge in [-0.15, -0.1) is 0 Å². The van der Waals surface area contributed by atoms with Gasteiger partial charge in [-0.1, -0.05) is 12.8 Å². The Balaban J connectivity index is 1.87. The normalized spacial score (nSPS) is 21.7. The number of nitrogens with one attached hydrogen (secondary N) is 2. The van der Waals surface area contributed by atoms with Crippen LogP contribution in [0, 0.1) is 11.6 Å². The summed E-state index contributed by atoms with van der Waals surface area (Å²) < 4.78 is 26.2. The van der Waals surface area contributed by atoms with Gasteiger partial charge in [-0.3, -0.25) is 0 Å². The summed E-state index contributed by atoms with van der Waals surface area (Å²) in [6.07, 6.45) is 5.95. The highest BCUT2D eigenvalue weighted by Gasteiger charge is 2.15. The van der Waals surface area contributed by atoms with E-state index in [0.717, 1.165) is 19.0 Å². The zero-order valence-corrected chi connectivity index (χ0v) is 11.4. The molecule has 1 aliphatic heterocycles. The lowest BCUT2D eigenvalue weighted by Crippen LogP contribution is -2.33. The first-order valence-corrected chi connectivity index (χ1v) is 7.09. The second-order valence-corrected chi connectivity index (χ2v) is 5.44. The molecule has 2 unspecified atom stereocenters. The molecule has 1 aromatic carbocycles. The Labute approximate surface area is 113 Å². The van der Waals surface area contributed by atoms with Gasteiger partial charge in [0.2, 0.25) is 0 Å². The van der Waals surface area contributed by atoms with Crippen LogP contribution in [-0.4, -0.2) is 18.6 Å². The van der Waals surface area contributed by atoms with Crippen molar-refractivity contribution in [2.75, 3.05) is 11.9 Å². The van der Waals surface area contributed by atoms with Gasteiger partial charge in [0, 0.05) is 23.8 Å². The zero-order valence-electron chi connectivity index (χ0n) is 11.4. The molecule has 2 N–H and O–H groups in total. The predicted molar refractivity (Wildman–Crippen MR) is 74.3 cm³/mol. The monoisotopic (exact) mass is 268 g/mol. The lowest BCUT2D eigenvalue weighted by atomic mass is 10.0. The van der Waals surface area contributed by atoms with Crippen molar-refractivity contribution in [2.45, 2.75) is 51.1 Å². The average Bonchev–Trinajstić information content (AvgIpc) is 2.55. The standard InChI is InChI=1S/C15H22F2N2/c1-11(7-14-5-3-2-4-6-18-14)19-15-9-12(16)8-13(17)10-15/h8-11,14,18-19H,2-7H2,1H3. The maximum absolute atomic E-state index is 13.1. The van der Waals surface area contributed by atoms with E-state index in [1.54, 1.807) is 0 Å². The van der Waals surface area contributed by atoms with Crippen molar-refractivity contribution >= 4 is 5.69 Å². The molecule has 0 saturated carbocycles. The van der Waals surface area contributed by atoms with E-state index in [9.17, 15) is 8.78 Å². The fourth-order valence-electron chi connectivity index (χ4n) is 2.71. The molecule has 4 heteroatoms. The SMILES string of the molecule is CC(CC1CCCCCN1)Nc1cc(F)cc(F)c1. The van der Waals surface area contributed by atoms with Gasteiger partial charge in [0.05, 0.1) is 0 Å². The van der Waals surface area contributed by atoms with Crippen LogP contribution in [-0.2, 0) is 0 Å². The van der Waals surface area contributed by atoms with E-state index in [1.807, 2.05) is 0 Å². The van der Waals surface area contributed by atoms with Gasteiger partial charge in [0.15, 0.2) is 0 Å². The Morgan fingerprint density at radius 3 is 2.68 bits per heavy atom. The van der Waals surface area contributed by atoms with Crippen LogP contribution in [0.2, 0.25) is 0 Å². The first kappa shape index (κ1) is 14.3. The van der Waals surface area contributed by atoms with Crippen molar-refractivity contribution < 1.29 is 8.78 Å². The Bertz CT molecular complexity index is 381. The quantitative estimate of drug-likeness (QED) is 0.870. The molecule has 2 rings (SSSR count). The molecule has 1 saturated heterocycles. The summed E-state index contributed by atoms with van der Waals surface area (Å²) >= 11 is 0. The molecule has 0 bridgehead atoms. The van der Waals surface area contributed by atoms with Crippen molar-refractivity contribution in [3.63, 3.8) is 0 Å². The van der Waals surface area contributed by atoms with Crippen molar-refractivity contribution in [2.24, 2.45) is 0 Å². The van der Waals surface area contributed by atoms with Crippen LogP contribution in [0.25, 0.3) is 0 Å². The molecular formula is C15H22F2N2. The lowest BCUT2D eigenvalue weighted by molar-refractivity contribution is 0.456. The smallest absolute Gasteiger partial charge is 0.128 e. The molecule has 0 amide bonds. The Kier molecular flexibility index (Phi) is 5.14. The number of rotatable bonds is 4. The number of hydrogen-bond acceptors (Lipinski definition) is 2. The molecule has 19 heavy (non-hydrogen) atoms. The van der Waals surface area contributed by atoms with Gasteiger partial charge in [-0.2, -0.15) is 0 Å². The number of hydrogen-bond donors (Lipinski definition) is 2. The summed E-state index contributed by atoms with van der Waals surface area (Å²) in [6, 6.07) is 4.25. The summed E-state index contributed by atoms with van der Waals surface area (Å²) in [5.74, 6) is -1.08. The van der Waals surface area contributed by atoms with E-state index in [2.05, 4.69) is 17.6 Å². The van der Waals surface area contributed by atoms with Crippen molar-refractivity contribution in [3.8, 4) is 0 Å². The Morgan fingerprint density at radius 2 is 1.95 bits per heavy atom. The molecular weight excluding hydrogens is 246 g/mol. The second kappa shape index (κ2) is 6.85. The Morgan fingerprint density at radius 1 is 1.21 bits per heavy atom. The highest BCUT2D eigenvalue weighted by Crippen LogP contribution is 2.17. The zero-order chi connectivity index (χ0) is 13.7. The van der Waals surface area contributed by atoms with Gasteiger partial charge in [-0.25, -0.2) is 8.78 Å². The largest absolute Gasteiger partial charge is 0.382 e.